The van der Waals surface area contributed by atoms with Gasteiger partial charge >= 0.3 is 5.97 Å². The van der Waals surface area contributed by atoms with Crippen molar-refractivity contribution in [3.8, 4) is 0 Å². The maximum atomic E-state index is 10.4. The lowest BCUT2D eigenvalue weighted by Crippen LogP contribution is -2.30. The summed E-state index contributed by atoms with van der Waals surface area (Å²) < 4.78 is 5.19. The van der Waals surface area contributed by atoms with Crippen molar-refractivity contribution in [1.29, 1.82) is 0 Å². The van der Waals surface area contributed by atoms with Crippen molar-refractivity contribution < 1.29 is 14.6 Å². The van der Waals surface area contributed by atoms with E-state index < -0.39 is 12.0 Å². The minimum absolute atomic E-state index is 0.518. The normalized spacial score (nSPS) is 12.7. The molecule has 5 N–H and O–H groups in total. The first-order valence-electron chi connectivity index (χ1n) is 5.02. The molecule has 0 heterocycles. The summed E-state index contributed by atoms with van der Waals surface area (Å²) in [7, 11) is 0. The van der Waals surface area contributed by atoms with Gasteiger partial charge < -0.3 is 21.3 Å². The van der Waals surface area contributed by atoms with Gasteiger partial charge in [0.25, 0.3) is 0 Å². The third kappa shape index (κ3) is 9.99. The fourth-order valence-electron chi connectivity index (χ4n) is 0.884. The highest BCUT2D eigenvalue weighted by molar-refractivity contribution is 7.99. The van der Waals surface area contributed by atoms with E-state index in [9.17, 15) is 4.79 Å². The molecule has 1 atom stereocenters. The average Bonchev–Trinajstić information content (AvgIpc) is 2.21. The van der Waals surface area contributed by atoms with Crippen LogP contribution in [0.4, 0.5) is 0 Å². The highest BCUT2D eigenvalue weighted by Crippen LogP contribution is 2.06. The van der Waals surface area contributed by atoms with Gasteiger partial charge in [0.2, 0.25) is 0 Å². The summed E-state index contributed by atoms with van der Waals surface area (Å²) in [6, 6.07) is -0.731. The van der Waals surface area contributed by atoms with Gasteiger partial charge in [-0.05, 0) is 24.3 Å². The molecular weight excluding hydrogens is 216 g/mol. The minimum Gasteiger partial charge on any atom is -0.480 e. The predicted octanol–water partition coefficient (Wildman–Crippen LogP) is -0.113. The van der Waals surface area contributed by atoms with Crippen LogP contribution in [0.1, 0.15) is 12.8 Å². The topological polar surface area (TPSA) is 98.6 Å². The Kier molecular flexibility index (Phi) is 10.0. The van der Waals surface area contributed by atoms with Gasteiger partial charge in [-0.15, -0.1) is 0 Å². The Balaban J connectivity index is 3.08. The first-order chi connectivity index (χ1) is 7.18. The molecule has 90 valence electrons. The Morgan fingerprint density at radius 3 is 2.73 bits per heavy atom. The van der Waals surface area contributed by atoms with Crippen LogP contribution in [0, 0.1) is 0 Å². The van der Waals surface area contributed by atoms with E-state index in [0.29, 0.717) is 19.6 Å². The monoisotopic (exact) mass is 236 g/mol. The lowest BCUT2D eigenvalue weighted by molar-refractivity contribution is -0.138. The average molecular weight is 236 g/mol. The molecule has 0 aliphatic rings. The molecule has 0 fully saturated rings. The Labute approximate surface area is 94.5 Å². The van der Waals surface area contributed by atoms with E-state index in [1.54, 1.807) is 11.8 Å². The highest BCUT2D eigenvalue weighted by atomic mass is 32.2. The number of rotatable bonds is 10. The molecule has 0 aromatic carbocycles. The van der Waals surface area contributed by atoms with Crippen molar-refractivity contribution in [1.82, 2.24) is 0 Å². The van der Waals surface area contributed by atoms with Crippen LogP contribution in [0.15, 0.2) is 0 Å². The second-order valence-electron chi connectivity index (χ2n) is 3.10. The number of aliphatic carboxylic acids is 1. The van der Waals surface area contributed by atoms with Gasteiger partial charge in [-0.1, -0.05) is 0 Å². The number of carboxylic acid groups (broad SMARTS) is 1. The third-order valence-corrected chi connectivity index (χ3v) is 2.83. The molecule has 0 saturated carbocycles. The third-order valence-electron chi connectivity index (χ3n) is 1.73. The van der Waals surface area contributed by atoms with Crippen molar-refractivity contribution in [2.45, 2.75) is 18.9 Å². The van der Waals surface area contributed by atoms with Crippen LogP contribution in [0.3, 0.4) is 0 Å². The van der Waals surface area contributed by atoms with E-state index in [4.69, 9.17) is 21.3 Å². The highest BCUT2D eigenvalue weighted by Gasteiger charge is 2.09. The zero-order valence-electron chi connectivity index (χ0n) is 8.85. The molecule has 0 aliphatic carbocycles. The van der Waals surface area contributed by atoms with E-state index in [1.165, 1.54) is 0 Å². The summed E-state index contributed by atoms with van der Waals surface area (Å²) in [6.45, 7) is 1.88. The van der Waals surface area contributed by atoms with Gasteiger partial charge in [0, 0.05) is 13.2 Å². The fraction of sp³-hybridized carbons (Fsp3) is 0.889. The summed E-state index contributed by atoms with van der Waals surface area (Å²) in [5, 5.41) is 8.52. The molecule has 5 nitrogen and oxygen atoms in total. The van der Waals surface area contributed by atoms with Crippen molar-refractivity contribution in [2.24, 2.45) is 11.5 Å². The quantitative estimate of drug-likeness (QED) is 0.458. The Bertz CT molecular complexity index is 169. The second kappa shape index (κ2) is 10.2. The van der Waals surface area contributed by atoms with E-state index >= 15 is 0 Å². The smallest absolute Gasteiger partial charge is 0.320 e. The molecule has 0 amide bonds. The zero-order valence-corrected chi connectivity index (χ0v) is 9.67. The number of carboxylic acids is 1. The van der Waals surface area contributed by atoms with Crippen LogP contribution in [0.5, 0.6) is 0 Å². The predicted molar refractivity (Wildman–Crippen MR) is 62.0 cm³/mol. The summed E-state index contributed by atoms with van der Waals surface area (Å²) in [5.41, 5.74) is 10.6. The molecule has 15 heavy (non-hydrogen) atoms. The van der Waals surface area contributed by atoms with Gasteiger partial charge in [0.15, 0.2) is 0 Å². The molecule has 0 rings (SSSR count). The maximum Gasteiger partial charge on any atom is 0.320 e. The van der Waals surface area contributed by atoms with Gasteiger partial charge in [-0.3, -0.25) is 4.79 Å². The van der Waals surface area contributed by atoms with Gasteiger partial charge in [0.05, 0.1) is 6.61 Å². The largest absolute Gasteiger partial charge is 0.480 e. The van der Waals surface area contributed by atoms with Gasteiger partial charge in [0.1, 0.15) is 6.04 Å². The van der Waals surface area contributed by atoms with Gasteiger partial charge in [-0.2, -0.15) is 11.8 Å². The zero-order chi connectivity index (χ0) is 11.5. The van der Waals surface area contributed by atoms with Crippen LogP contribution in [0.25, 0.3) is 0 Å². The lowest BCUT2D eigenvalue weighted by Gasteiger charge is -2.05. The number of carbonyl (C=O) groups is 1. The summed E-state index contributed by atoms with van der Waals surface area (Å²) in [6.07, 6.45) is 1.48. The first-order valence-corrected chi connectivity index (χ1v) is 6.18. The van der Waals surface area contributed by atoms with E-state index in [-0.39, 0.29) is 0 Å². The number of hydrogen-bond donors (Lipinski definition) is 3. The molecule has 0 spiro atoms. The van der Waals surface area contributed by atoms with Crippen LogP contribution >= 0.6 is 11.8 Å². The molecule has 0 aliphatic heterocycles. The van der Waals surface area contributed by atoms with Gasteiger partial charge in [-0.25, -0.2) is 0 Å². The lowest BCUT2D eigenvalue weighted by atomic mass is 10.2. The van der Waals surface area contributed by atoms with E-state index in [0.717, 1.165) is 24.5 Å². The number of ether oxygens (including phenoxy) is 1. The summed E-state index contributed by atoms with van der Waals surface area (Å²) >= 11 is 1.70. The minimum atomic E-state index is -0.929. The van der Waals surface area contributed by atoms with Crippen LogP contribution in [0.2, 0.25) is 0 Å². The first kappa shape index (κ1) is 14.7. The van der Waals surface area contributed by atoms with Crippen LogP contribution in [-0.2, 0) is 9.53 Å². The summed E-state index contributed by atoms with van der Waals surface area (Å²) in [5.74, 6) is 0.822. The molecule has 6 heteroatoms. The van der Waals surface area contributed by atoms with Crippen LogP contribution in [-0.4, -0.2) is 48.4 Å². The fourth-order valence-corrected chi connectivity index (χ4v) is 1.83. The molecule has 0 bridgehead atoms. The van der Waals surface area contributed by atoms with Crippen LogP contribution < -0.4 is 11.5 Å². The Morgan fingerprint density at radius 2 is 2.13 bits per heavy atom. The van der Waals surface area contributed by atoms with E-state index in [1.807, 2.05) is 0 Å². The SMILES string of the molecule is NCCOCCCSCCC(N)C(=O)O. The molecule has 0 aromatic rings. The summed E-state index contributed by atoms with van der Waals surface area (Å²) in [4.78, 5) is 10.4. The van der Waals surface area contributed by atoms with Crippen molar-refractivity contribution in [3.05, 3.63) is 0 Å². The molecule has 0 saturated heterocycles. The second-order valence-corrected chi connectivity index (χ2v) is 4.33. The number of nitrogens with two attached hydrogens (primary N) is 2. The molecule has 0 aromatic heterocycles. The molecule has 1 unspecified atom stereocenters. The number of thioether (sulfide) groups is 1. The van der Waals surface area contributed by atoms with Crippen molar-refractivity contribution in [3.63, 3.8) is 0 Å². The Hall–Kier alpha value is -0.300. The Morgan fingerprint density at radius 1 is 1.40 bits per heavy atom. The number of hydrogen-bond acceptors (Lipinski definition) is 5. The van der Waals surface area contributed by atoms with Crippen molar-refractivity contribution >= 4 is 17.7 Å². The molecule has 0 radical (unpaired) electrons. The van der Waals surface area contributed by atoms with Crippen molar-refractivity contribution in [2.75, 3.05) is 31.3 Å². The standard InChI is InChI=1S/C9H20N2O3S/c10-3-5-14-4-1-6-15-7-2-8(11)9(12)13/h8H,1-7,10-11H2,(H,12,13). The molecular formula is C9H20N2O3S. The van der Waals surface area contributed by atoms with E-state index in [2.05, 4.69) is 0 Å². The maximum absolute atomic E-state index is 10.4.